The van der Waals surface area contributed by atoms with Crippen LogP contribution in [0.4, 0.5) is 0 Å². The fraction of sp³-hybridized carbons (Fsp3) is 0.391. The largest absolute Gasteiger partial charge is 0.478 e. The van der Waals surface area contributed by atoms with Gasteiger partial charge in [-0.3, -0.25) is 4.79 Å². The maximum atomic E-state index is 13.9. The van der Waals surface area contributed by atoms with Gasteiger partial charge in [-0.2, -0.15) is 0 Å². The molecule has 0 spiro atoms. The van der Waals surface area contributed by atoms with Gasteiger partial charge < -0.3 is 14.6 Å². The van der Waals surface area contributed by atoms with Gasteiger partial charge in [-0.05, 0) is 31.6 Å². The van der Waals surface area contributed by atoms with Crippen molar-refractivity contribution in [3.8, 4) is 0 Å². The van der Waals surface area contributed by atoms with Crippen molar-refractivity contribution >= 4 is 29.6 Å². The zero-order valence-electron chi connectivity index (χ0n) is 17.4. The van der Waals surface area contributed by atoms with Crippen LogP contribution in [0.2, 0.25) is 0 Å². The number of unbranched alkanes of at least 4 members (excludes halogenated alkanes) is 2. The number of carboxylic acids is 1. The van der Waals surface area contributed by atoms with Crippen LogP contribution in [0.15, 0.2) is 48.5 Å². The first kappa shape index (κ1) is 22.9. The van der Waals surface area contributed by atoms with Crippen molar-refractivity contribution in [3.05, 3.63) is 59.7 Å². The summed E-state index contributed by atoms with van der Waals surface area (Å²) in [7, 11) is -3.30. The van der Waals surface area contributed by atoms with E-state index in [4.69, 9.17) is 0 Å². The summed E-state index contributed by atoms with van der Waals surface area (Å²) in [6.07, 6.45) is 3.78. The molecule has 6 heteroatoms. The molecule has 5 nitrogen and oxygen atoms in total. The molecular formula is C23H30NO4P. The highest BCUT2D eigenvalue weighted by atomic mass is 31.2. The Balaban J connectivity index is 2.52. The minimum absolute atomic E-state index is 0.00871. The summed E-state index contributed by atoms with van der Waals surface area (Å²) < 4.78 is 13.9. The van der Waals surface area contributed by atoms with Crippen molar-refractivity contribution in [1.82, 2.24) is 4.90 Å². The summed E-state index contributed by atoms with van der Waals surface area (Å²) in [5.41, 5.74) is 0.403. The van der Waals surface area contributed by atoms with Crippen LogP contribution >= 0.6 is 7.14 Å². The number of benzene rings is 2. The molecule has 0 heterocycles. The second kappa shape index (κ2) is 10.4. The van der Waals surface area contributed by atoms with E-state index >= 15 is 0 Å². The Hall–Kier alpha value is -2.39. The van der Waals surface area contributed by atoms with Crippen LogP contribution in [0, 0.1) is 0 Å². The highest BCUT2D eigenvalue weighted by Gasteiger charge is 2.31. The van der Waals surface area contributed by atoms with Crippen LogP contribution in [0.1, 0.15) is 60.2 Å². The molecule has 1 unspecified atom stereocenters. The van der Waals surface area contributed by atoms with Crippen molar-refractivity contribution in [3.63, 3.8) is 0 Å². The molecule has 0 radical (unpaired) electrons. The zero-order chi connectivity index (χ0) is 21.4. The van der Waals surface area contributed by atoms with Gasteiger partial charge in [-0.1, -0.05) is 63.1 Å². The van der Waals surface area contributed by atoms with Gasteiger partial charge in [0, 0.05) is 23.7 Å². The number of hydrogen-bond acceptors (Lipinski definition) is 3. The van der Waals surface area contributed by atoms with Crippen molar-refractivity contribution in [2.75, 3.05) is 19.8 Å². The highest BCUT2D eigenvalue weighted by Crippen LogP contribution is 2.41. The number of nitrogens with zero attached hydrogens (tertiary/aromatic N) is 1. The molecule has 1 amide bonds. The molecule has 0 aliphatic carbocycles. The Labute approximate surface area is 173 Å². The van der Waals surface area contributed by atoms with E-state index in [0.717, 1.165) is 25.7 Å². The molecule has 156 valence electrons. The molecule has 2 aromatic rings. The average molecular weight is 415 g/mol. The molecule has 0 bridgehead atoms. The van der Waals surface area contributed by atoms with Crippen LogP contribution in [0.3, 0.4) is 0 Å². The quantitative estimate of drug-likeness (QED) is 0.585. The molecule has 2 aromatic carbocycles. The predicted molar refractivity (Wildman–Crippen MR) is 118 cm³/mol. The predicted octanol–water partition coefficient (Wildman–Crippen LogP) is 4.37. The number of carboxylic acid groups (broad SMARTS) is 1. The molecule has 1 atom stereocenters. The molecule has 0 aliphatic rings. The summed E-state index contributed by atoms with van der Waals surface area (Å²) in [5, 5.41) is 10.2. The van der Waals surface area contributed by atoms with Gasteiger partial charge in [0.05, 0.1) is 11.1 Å². The molecule has 1 N–H and O–H groups in total. The lowest BCUT2D eigenvalue weighted by atomic mass is 10.1. The monoisotopic (exact) mass is 415 g/mol. The number of carbonyl (C=O) groups excluding carboxylic acids is 1. The summed E-state index contributed by atoms with van der Waals surface area (Å²) in [6.45, 7) is 7.02. The van der Waals surface area contributed by atoms with Gasteiger partial charge in [-0.25, -0.2) is 4.79 Å². The maximum Gasteiger partial charge on any atom is 0.336 e. The van der Waals surface area contributed by atoms with Crippen molar-refractivity contribution in [2.45, 2.75) is 39.5 Å². The lowest BCUT2D eigenvalue weighted by molar-refractivity contribution is 0.0697. The van der Waals surface area contributed by atoms with Crippen LogP contribution < -0.4 is 10.6 Å². The van der Waals surface area contributed by atoms with E-state index in [9.17, 15) is 19.3 Å². The third kappa shape index (κ3) is 5.36. The van der Waals surface area contributed by atoms with E-state index in [2.05, 4.69) is 13.8 Å². The first-order valence-corrected chi connectivity index (χ1v) is 12.3. The van der Waals surface area contributed by atoms with Crippen LogP contribution in [-0.4, -0.2) is 41.6 Å². The van der Waals surface area contributed by atoms with E-state index in [1.165, 1.54) is 6.07 Å². The lowest BCUT2D eigenvalue weighted by Crippen LogP contribution is -2.36. The molecule has 0 aliphatic heterocycles. The number of rotatable bonds is 10. The Kier molecular flexibility index (Phi) is 8.21. The third-order valence-corrected chi connectivity index (χ3v) is 7.66. The van der Waals surface area contributed by atoms with Crippen molar-refractivity contribution < 1.29 is 19.3 Å². The minimum atomic E-state index is -3.30. The van der Waals surface area contributed by atoms with E-state index in [-0.39, 0.29) is 16.8 Å². The van der Waals surface area contributed by atoms with E-state index < -0.39 is 13.1 Å². The van der Waals surface area contributed by atoms with Gasteiger partial charge in [0.1, 0.15) is 7.14 Å². The highest BCUT2D eigenvalue weighted by molar-refractivity contribution is 7.78. The topological polar surface area (TPSA) is 74.7 Å². The van der Waals surface area contributed by atoms with Gasteiger partial charge in [0.2, 0.25) is 0 Å². The SMILES string of the molecule is CCCCN(CCCC)C(=O)c1ccccc1P(C)(=O)c1ccccc1C(=O)O. The Morgan fingerprint density at radius 2 is 1.31 bits per heavy atom. The summed E-state index contributed by atoms with van der Waals surface area (Å²) >= 11 is 0. The van der Waals surface area contributed by atoms with Crippen LogP contribution in [-0.2, 0) is 4.57 Å². The van der Waals surface area contributed by atoms with Gasteiger partial charge in [0.15, 0.2) is 0 Å². The molecule has 0 saturated heterocycles. The second-order valence-electron chi connectivity index (χ2n) is 7.26. The molecular weight excluding hydrogens is 385 g/mol. The Morgan fingerprint density at radius 3 is 1.79 bits per heavy atom. The van der Waals surface area contributed by atoms with Crippen LogP contribution in [0.25, 0.3) is 0 Å². The summed E-state index contributed by atoms with van der Waals surface area (Å²) in [6, 6.07) is 13.2. The fourth-order valence-corrected chi connectivity index (χ4v) is 5.63. The van der Waals surface area contributed by atoms with E-state index in [1.807, 2.05) is 4.90 Å². The number of amides is 1. The summed E-state index contributed by atoms with van der Waals surface area (Å²) in [4.78, 5) is 26.9. The first-order valence-electron chi connectivity index (χ1n) is 10.1. The van der Waals surface area contributed by atoms with E-state index in [1.54, 1.807) is 49.1 Å². The molecule has 29 heavy (non-hydrogen) atoms. The van der Waals surface area contributed by atoms with Crippen molar-refractivity contribution in [2.24, 2.45) is 0 Å². The lowest BCUT2D eigenvalue weighted by Gasteiger charge is -2.25. The number of aromatic carboxylic acids is 1. The fourth-order valence-electron chi connectivity index (χ4n) is 3.37. The van der Waals surface area contributed by atoms with E-state index in [0.29, 0.717) is 24.0 Å². The molecule has 0 saturated carbocycles. The third-order valence-electron chi connectivity index (χ3n) is 5.04. The van der Waals surface area contributed by atoms with Gasteiger partial charge in [0.25, 0.3) is 5.91 Å². The normalized spacial score (nSPS) is 12.9. The summed E-state index contributed by atoms with van der Waals surface area (Å²) in [5.74, 6) is -1.27. The minimum Gasteiger partial charge on any atom is -0.478 e. The molecule has 0 aromatic heterocycles. The van der Waals surface area contributed by atoms with Crippen molar-refractivity contribution in [1.29, 1.82) is 0 Å². The first-order chi connectivity index (χ1) is 13.8. The molecule has 0 fully saturated rings. The number of carbonyl (C=O) groups is 2. The average Bonchev–Trinajstić information content (AvgIpc) is 2.73. The zero-order valence-corrected chi connectivity index (χ0v) is 18.3. The second-order valence-corrected chi connectivity index (χ2v) is 10.1. The van der Waals surface area contributed by atoms with Gasteiger partial charge in [-0.15, -0.1) is 0 Å². The molecule has 2 rings (SSSR count). The Morgan fingerprint density at radius 1 is 0.862 bits per heavy atom. The van der Waals surface area contributed by atoms with Gasteiger partial charge >= 0.3 is 5.97 Å². The van der Waals surface area contributed by atoms with Crippen LogP contribution in [0.5, 0.6) is 0 Å². The Bertz CT molecular complexity index is 901. The maximum absolute atomic E-state index is 13.9. The standard InChI is InChI=1S/C23H30NO4P/c1-4-6-16-24(17-7-5-2)22(25)18-12-8-10-14-20(18)29(3,28)21-15-11-9-13-19(21)23(26)27/h8-15H,4-7,16-17H2,1-3H3,(H,26,27). The smallest absolute Gasteiger partial charge is 0.336 e. The number of hydrogen-bond donors (Lipinski definition) is 1.